The Kier molecular flexibility index (Phi) is 4.91. The van der Waals surface area contributed by atoms with Crippen LogP contribution in [0.25, 0.3) is 0 Å². The predicted molar refractivity (Wildman–Crippen MR) is 86.4 cm³/mol. The molecule has 2 aliphatic heterocycles. The molecule has 2 unspecified atom stereocenters. The van der Waals surface area contributed by atoms with E-state index in [0.717, 1.165) is 31.5 Å². The van der Waals surface area contributed by atoms with E-state index in [-0.39, 0.29) is 24.4 Å². The van der Waals surface area contributed by atoms with Gasteiger partial charge >= 0.3 is 0 Å². The molecule has 2 amide bonds. The lowest BCUT2D eigenvalue weighted by molar-refractivity contribution is -0.143. The summed E-state index contributed by atoms with van der Waals surface area (Å²) in [6.07, 6.45) is 4.87. The number of nitrogens with two attached hydrogens (primary N) is 1. The van der Waals surface area contributed by atoms with Crippen LogP contribution in [0, 0.1) is 5.92 Å². The van der Waals surface area contributed by atoms with E-state index in [1.807, 2.05) is 28.0 Å². The summed E-state index contributed by atoms with van der Waals surface area (Å²) in [4.78, 5) is 32.4. The Bertz CT molecular complexity index is 563. The molecule has 0 saturated carbocycles. The number of carbonyl (C=O) groups excluding carboxylic acids is 2. The van der Waals surface area contributed by atoms with E-state index in [1.165, 1.54) is 0 Å². The van der Waals surface area contributed by atoms with Crippen LogP contribution >= 0.6 is 0 Å². The molecule has 6 nitrogen and oxygen atoms in total. The smallest absolute Gasteiger partial charge is 0.236 e. The van der Waals surface area contributed by atoms with Crippen LogP contribution in [-0.4, -0.2) is 58.8 Å². The summed E-state index contributed by atoms with van der Waals surface area (Å²) in [7, 11) is 0. The highest BCUT2D eigenvalue weighted by Crippen LogP contribution is 2.31. The number of piperidine rings is 2. The highest BCUT2D eigenvalue weighted by Gasteiger charge is 2.39. The SMILES string of the molecule is NCC(=O)N1CCC2C(CCC(=O)N2CCc2ccccn2)C1. The molecule has 3 rings (SSSR count). The van der Waals surface area contributed by atoms with E-state index in [4.69, 9.17) is 5.73 Å². The minimum atomic E-state index is 0.0142. The zero-order valence-corrected chi connectivity index (χ0v) is 13.4. The first-order valence-electron chi connectivity index (χ1n) is 8.36. The monoisotopic (exact) mass is 316 g/mol. The molecule has 124 valence electrons. The summed E-state index contributed by atoms with van der Waals surface area (Å²) in [5.41, 5.74) is 6.48. The van der Waals surface area contributed by atoms with Gasteiger partial charge in [-0.15, -0.1) is 0 Å². The maximum atomic E-state index is 12.3. The van der Waals surface area contributed by atoms with Crippen molar-refractivity contribution in [2.45, 2.75) is 31.7 Å². The zero-order valence-electron chi connectivity index (χ0n) is 13.4. The Morgan fingerprint density at radius 3 is 2.96 bits per heavy atom. The fourth-order valence-electron chi connectivity index (χ4n) is 3.78. The molecule has 23 heavy (non-hydrogen) atoms. The first kappa shape index (κ1) is 15.9. The van der Waals surface area contributed by atoms with E-state index in [1.54, 1.807) is 6.20 Å². The van der Waals surface area contributed by atoms with Crippen molar-refractivity contribution in [3.8, 4) is 0 Å². The van der Waals surface area contributed by atoms with Crippen molar-refractivity contribution in [3.63, 3.8) is 0 Å². The van der Waals surface area contributed by atoms with Crippen LogP contribution in [0.3, 0.4) is 0 Å². The van der Waals surface area contributed by atoms with Gasteiger partial charge in [-0.1, -0.05) is 6.07 Å². The molecule has 0 spiro atoms. The molecule has 0 aliphatic carbocycles. The van der Waals surface area contributed by atoms with Crippen LogP contribution in [0.4, 0.5) is 0 Å². The average Bonchev–Trinajstić information content (AvgIpc) is 2.60. The minimum absolute atomic E-state index is 0.0142. The Hall–Kier alpha value is -1.95. The average molecular weight is 316 g/mol. The lowest BCUT2D eigenvalue weighted by Gasteiger charge is -2.47. The fraction of sp³-hybridized carbons (Fsp3) is 0.588. The largest absolute Gasteiger partial charge is 0.341 e. The number of nitrogens with zero attached hydrogens (tertiary/aromatic N) is 3. The quantitative estimate of drug-likeness (QED) is 0.873. The molecule has 6 heteroatoms. The van der Waals surface area contributed by atoms with Gasteiger partial charge in [-0.25, -0.2) is 0 Å². The summed E-state index contributed by atoms with van der Waals surface area (Å²) < 4.78 is 0. The van der Waals surface area contributed by atoms with Gasteiger partial charge in [0.05, 0.1) is 6.54 Å². The van der Waals surface area contributed by atoms with Crippen molar-refractivity contribution >= 4 is 11.8 Å². The van der Waals surface area contributed by atoms with Gasteiger partial charge in [0, 0.05) is 50.4 Å². The van der Waals surface area contributed by atoms with Gasteiger partial charge in [0.2, 0.25) is 11.8 Å². The number of carbonyl (C=O) groups is 2. The third kappa shape index (κ3) is 3.52. The molecule has 1 aromatic heterocycles. The summed E-state index contributed by atoms with van der Waals surface area (Å²) in [6, 6.07) is 6.12. The van der Waals surface area contributed by atoms with Crippen LogP contribution in [0.15, 0.2) is 24.4 Å². The second-order valence-electron chi connectivity index (χ2n) is 6.36. The molecule has 2 atom stereocenters. The van der Waals surface area contributed by atoms with Crippen molar-refractivity contribution < 1.29 is 9.59 Å². The topological polar surface area (TPSA) is 79.5 Å². The molecule has 0 radical (unpaired) electrons. The molecule has 3 heterocycles. The minimum Gasteiger partial charge on any atom is -0.341 e. The van der Waals surface area contributed by atoms with Gasteiger partial charge < -0.3 is 15.5 Å². The van der Waals surface area contributed by atoms with Crippen LogP contribution in [0.5, 0.6) is 0 Å². The van der Waals surface area contributed by atoms with E-state index in [0.29, 0.717) is 25.4 Å². The molecular formula is C17H24N4O2. The Labute approximate surface area is 136 Å². The van der Waals surface area contributed by atoms with Gasteiger partial charge in [0.1, 0.15) is 0 Å². The van der Waals surface area contributed by atoms with Crippen LogP contribution in [-0.2, 0) is 16.0 Å². The third-order valence-electron chi connectivity index (χ3n) is 5.01. The number of fused-ring (bicyclic) bond motifs is 1. The highest BCUT2D eigenvalue weighted by molar-refractivity contribution is 5.79. The lowest BCUT2D eigenvalue weighted by atomic mass is 9.83. The maximum absolute atomic E-state index is 12.3. The van der Waals surface area contributed by atoms with Gasteiger partial charge in [-0.2, -0.15) is 0 Å². The Balaban J connectivity index is 1.63. The van der Waals surface area contributed by atoms with Crippen molar-refractivity contribution in [2.75, 3.05) is 26.2 Å². The number of aromatic nitrogens is 1. The summed E-state index contributed by atoms with van der Waals surface area (Å²) in [6.45, 7) is 2.21. The second-order valence-corrected chi connectivity index (χ2v) is 6.36. The van der Waals surface area contributed by atoms with E-state index < -0.39 is 0 Å². The number of likely N-dealkylation sites (tertiary alicyclic amines) is 2. The van der Waals surface area contributed by atoms with Crippen molar-refractivity contribution in [3.05, 3.63) is 30.1 Å². The van der Waals surface area contributed by atoms with E-state index in [2.05, 4.69) is 4.98 Å². The molecule has 2 N–H and O–H groups in total. The first-order valence-corrected chi connectivity index (χ1v) is 8.36. The Morgan fingerprint density at radius 1 is 1.35 bits per heavy atom. The highest BCUT2D eigenvalue weighted by atomic mass is 16.2. The number of rotatable bonds is 4. The van der Waals surface area contributed by atoms with Gasteiger partial charge in [-0.05, 0) is 30.9 Å². The molecule has 2 fully saturated rings. The molecule has 0 aromatic carbocycles. The normalized spacial score (nSPS) is 24.5. The maximum Gasteiger partial charge on any atom is 0.236 e. The van der Waals surface area contributed by atoms with Crippen molar-refractivity contribution in [1.29, 1.82) is 0 Å². The first-order chi connectivity index (χ1) is 11.2. The van der Waals surface area contributed by atoms with Crippen molar-refractivity contribution in [2.24, 2.45) is 11.7 Å². The number of amides is 2. The molecule has 0 bridgehead atoms. The van der Waals surface area contributed by atoms with Crippen LogP contribution in [0.1, 0.15) is 25.0 Å². The van der Waals surface area contributed by atoms with E-state index in [9.17, 15) is 9.59 Å². The predicted octanol–water partition coefficient (Wildman–Crippen LogP) is 0.422. The van der Waals surface area contributed by atoms with Crippen LogP contribution < -0.4 is 5.73 Å². The summed E-state index contributed by atoms with van der Waals surface area (Å²) in [5, 5.41) is 0. The number of pyridine rings is 1. The molecule has 2 aliphatic rings. The zero-order chi connectivity index (χ0) is 16.2. The van der Waals surface area contributed by atoms with Crippen LogP contribution in [0.2, 0.25) is 0 Å². The summed E-state index contributed by atoms with van der Waals surface area (Å²) >= 11 is 0. The number of hydrogen-bond donors (Lipinski definition) is 1. The standard InChI is InChI=1S/C17H24N4O2/c18-11-17(23)20-9-7-15-13(12-20)4-5-16(22)21(15)10-6-14-3-1-2-8-19-14/h1-3,8,13,15H,4-7,9-12,18H2. The van der Waals surface area contributed by atoms with E-state index >= 15 is 0 Å². The Morgan fingerprint density at radius 2 is 2.22 bits per heavy atom. The molecular weight excluding hydrogens is 292 g/mol. The van der Waals surface area contributed by atoms with Gasteiger partial charge in [-0.3, -0.25) is 14.6 Å². The molecule has 2 saturated heterocycles. The second kappa shape index (κ2) is 7.08. The van der Waals surface area contributed by atoms with Crippen molar-refractivity contribution in [1.82, 2.24) is 14.8 Å². The lowest BCUT2D eigenvalue weighted by Crippen LogP contribution is -2.57. The van der Waals surface area contributed by atoms with Gasteiger partial charge in [0.15, 0.2) is 0 Å². The number of hydrogen-bond acceptors (Lipinski definition) is 4. The fourth-order valence-corrected chi connectivity index (χ4v) is 3.78. The summed E-state index contributed by atoms with van der Waals surface area (Å²) in [5.74, 6) is 0.627. The van der Waals surface area contributed by atoms with Gasteiger partial charge in [0.25, 0.3) is 0 Å². The third-order valence-corrected chi connectivity index (χ3v) is 5.01. The molecule has 1 aromatic rings.